The molecule has 10 nitrogen and oxygen atoms in total. The molecule has 4 aromatic heterocycles. The number of pyridine rings is 1. The number of amides is 1. The van der Waals surface area contributed by atoms with E-state index in [4.69, 9.17) is 4.74 Å². The van der Waals surface area contributed by atoms with Crippen molar-refractivity contribution in [1.29, 1.82) is 0 Å². The number of halogens is 1. The van der Waals surface area contributed by atoms with Gasteiger partial charge in [0.2, 0.25) is 17.7 Å². The fourth-order valence-electron chi connectivity index (χ4n) is 5.32. The van der Waals surface area contributed by atoms with Gasteiger partial charge in [-0.05, 0) is 37.8 Å². The lowest BCUT2D eigenvalue weighted by molar-refractivity contribution is -0.143. The van der Waals surface area contributed by atoms with Crippen molar-refractivity contribution in [1.82, 2.24) is 34.1 Å². The average molecular weight is 465 g/mol. The van der Waals surface area contributed by atoms with Crippen LogP contribution in [0.1, 0.15) is 32.6 Å². The molecule has 0 aromatic carbocycles. The zero-order chi connectivity index (χ0) is 23.4. The van der Waals surface area contributed by atoms with Gasteiger partial charge >= 0.3 is 0 Å². The van der Waals surface area contributed by atoms with E-state index in [0.717, 1.165) is 38.8 Å². The fourth-order valence-corrected chi connectivity index (χ4v) is 5.32. The van der Waals surface area contributed by atoms with Crippen molar-refractivity contribution < 1.29 is 13.9 Å². The number of fused-ring (bicyclic) bond motifs is 2. The number of hydrogen-bond donors (Lipinski definition) is 1. The summed E-state index contributed by atoms with van der Waals surface area (Å²) in [7, 11) is 1.52. The van der Waals surface area contributed by atoms with Crippen molar-refractivity contribution in [2.75, 3.05) is 25.5 Å². The summed E-state index contributed by atoms with van der Waals surface area (Å²) < 4.78 is 23.7. The third-order valence-electron chi connectivity index (χ3n) is 7.19. The van der Waals surface area contributed by atoms with Gasteiger partial charge < -0.3 is 15.0 Å². The summed E-state index contributed by atoms with van der Waals surface area (Å²) in [5.41, 5.74) is 2.35. The summed E-state index contributed by atoms with van der Waals surface area (Å²) in [5.74, 6) is 0.416. The number of nitrogens with one attached hydrogen (secondary N) is 1. The Morgan fingerprint density at radius 1 is 1.21 bits per heavy atom. The Bertz CT molecular complexity index is 1400. The number of methoxy groups -OCH3 is 1. The molecular weight excluding hydrogens is 439 g/mol. The van der Waals surface area contributed by atoms with E-state index in [1.807, 2.05) is 4.90 Å². The minimum atomic E-state index is -0.427. The second-order valence-electron chi connectivity index (χ2n) is 9.36. The molecule has 1 saturated heterocycles. The van der Waals surface area contributed by atoms with Crippen molar-refractivity contribution >= 4 is 23.0 Å². The lowest BCUT2D eigenvalue weighted by atomic mass is 9.67. The van der Waals surface area contributed by atoms with Crippen LogP contribution in [0.5, 0.6) is 5.88 Å². The summed E-state index contributed by atoms with van der Waals surface area (Å²) in [6, 6.07) is 3.79. The Hall–Kier alpha value is -3.76. The van der Waals surface area contributed by atoms with E-state index in [-0.39, 0.29) is 17.4 Å². The number of rotatable bonds is 4. The van der Waals surface area contributed by atoms with Crippen LogP contribution in [-0.2, 0) is 4.79 Å². The predicted molar refractivity (Wildman–Crippen MR) is 122 cm³/mol. The van der Waals surface area contributed by atoms with Crippen LogP contribution in [0.4, 0.5) is 10.3 Å². The Kier molecular flexibility index (Phi) is 4.68. The summed E-state index contributed by atoms with van der Waals surface area (Å²) in [5, 5.41) is 12.1. The molecule has 1 aliphatic heterocycles. The number of carbonyl (C=O) groups excluding carboxylic acids is 1. The number of ether oxygens (including phenoxy) is 1. The molecule has 0 bridgehead atoms. The van der Waals surface area contributed by atoms with Gasteiger partial charge in [0, 0.05) is 43.2 Å². The van der Waals surface area contributed by atoms with Crippen molar-refractivity contribution in [2.24, 2.45) is 5.41 Å². The van der Waals surface area contributed by atoms with Gasteiger partial charge in [0.25, 0.3) is 0 Å². The van der Waals surface area contributed by atoms with Gasteiger partial charge in [0.15, 0.2) is 11.5 Å². The van der Waals surface area contributed by atoms with Crippen molar-refractivity contribution in [3.8, 4) is 17.0 Å². The van der Waals surface area contributed by atoms with Crippen molar-refractivity contribution in [2.45, 2.75) is 38.6 Å². The fraction of sp³-hybridized carbons (Fsp3) is 0.435. The van der Waals surface area contributed by atoms with Crippen LogP contribution in [0.3, 0.4) is 0 Å². The van der Waals surface area contributed by atoms with E-state index in [2.05, 4.69) is 25.5 Å². The number of carbonyl (C=O) groups is 1. The van der Waals surface area contributed by atoms with E-state index in [9.17, 15) is 4.79 Å². The van der Waals surface area contributed by atoms with Crippen LogP contribution in [0.2, 0.25) is 0 Å². The van der Waals surface area contributed by atoms with E-state index in [0.29, 0.717) is 34.1 Å². The molecule has 6 rings (SSSR count). The first-order chi connectivity index (χ1) is 16.4. The average Bonchev–Trinajstić information content (AvgIpc) is 3.40. The second kappa shape index (κ2) is 7.64. The Morgan fingerprint density at radius 3 is 2.74 bits per heavy atom. The maximum Gasteiger partial charge on any atom is 0.244 e. The molecule has 11 heteroatoms. The Balaban J connectivity index is 1.25. The van der Waals surface area contributed by atoms with Crippen LogP contribution in [0, 0.1) is 11.2 Å². The number of likely N-dealkylation sites (tertiary alicyclic amines) is 1. The first kappa shape index (κ1) is 20.8. The quantitative estimate of drug-likeness (QED) is 0.496. The molecule has 4 aromatic rings. The van der Waals surface area contributed by atoms with Crippen molar-refractivity contribution in [3.63, 3.8) is 0 Å². The van der Waals surface area contributed by atoms with E-state index in [1.165, 1.54) is 24.1 Å². The van der Waals surface area contributed by atoms with Gasteiger partial charge in [-0.15, -0.1) is 5.10 Å². The number of aromatic nitrogens is 6. The third kappa shape index (κ3) is 3.34. The summed E-state index contributed by atoms with van der Waals surface area (Å²) >= 11 is 0. The van der Waals surface area contributed by atoms with E-state index >= 15 is 4.39 Å². The van der Waals surface area contributed by atoms with Crippen LogP contribution >= 0.6 is 0 Å². The summed E-state index contributed by atoms with van der Waals surface area (Å²) in [6.45, 7) is 3.34. The lowest BCUT2D eigenvalue weighted by Crippen LogP contribution is -2.59. The predicted octanol–water partition coefficient (Wildman–Crippen LogP) is 2.79. The molecule has 5 heterocycles. The van der Waals surface area contributed by atoms with E-state index in [1.54, 1.807) is 29.8 Å². The molecule has 1 saturated carbocycles. The Labute approximate surface area is 194 Å². The normalized spacial score (nSPS) is 17.9. The molecular formula is C23H25FN8O2. The van der Waals surface area contributed by atoms with Crippen molar-refractivity contribution in [3.05, 3.63) is 36.7 Å². The second-order valence-corrected chi connectivity index (χ2v) is 9.36. The molecule has 0 atom stereocenters. The molecule has 1 amide bonds. The number of hydrogen-bond acceptors (Lipinski definition) is 7. The monoisotopic (exact) mass is 464 g/mol. The van der Waals surface area contributed by atoms with Gasteiger partial charge in [-0.3, -0.25) is 4.79 Å². The highest BCUT2D eigenvalue weighted by atomic mass is 19.1. The highest BCUT2D eigenvalue weighted by molar-refractivity contribution is 5.85. The molecule has 0 unspecified atom stereocenters. The van der Waals surface area contributed by atoms with E-state index < -0.39 is 5.82 Å². The zero-order valence-electron chi connectivity index (χ0n) is 19.0. The third-order valence-corrected chi connectivity index (χ3v) is 7.19. The van der Waals surface area contributed by atoms with Gasteiger partial charge in [0.05, 0.1) is 18.9 Å². The molecule has 2 aliphatic rings. The van der Waals surface area contributed by atoms with Gasteiger partial charge in [0.1, 0.15) is 11.8 Å². The molecule has 1 spiro atoms. The van der Waals surface area contributed by atoms with Crippen LogP contribution in [-0.4, -0.2) is 66.2 Å². The maximum atomic E-state index is 15.1. The maximum absolute atomic E-state index is 15.1. The van der Waals surface area contributed by atoms with Gasteiger partial charge in [-0.1, -0.05) is 0 Å². The topological polar surface area (TPSA) is 102 Å². The molecule has 2 fully saturated rings. The summed E-state index contributed by atoms with van der Waals surface area (Å²) in [4.78, 5) is 22.1. The molecule has 34 heavy (non-hydrogen) atoms. The van der Waals surface area contributed by atoms with Gasteiger partial charge in [-0.25, -0.2) is 18.4 Å². The number of anilines is 1. The first-order valence-corrected chi connectivity index (χ1v) is 11.4. The standard InChI is InChI=1S/C23H25FN8O2/c1-14(33)30-11-23(12-30)7-5-16(6-8-23)27-22-28-21(34-2)20-19(17(24)10-32(20)29-22)15-3-4-18-25-13-26-31(18)9-15/h3-4,9-10,13,16H,5-8,11-12H2,1-2H3,(H,27,29). The summed E-state index contributed by atoms with van der Waals surface area (Å²) in [6.07, 6.45) is 8.56. The largest absolute Gasteiger partial charge is 0.479 e. The molecule has 176 valence electrons. The Morgan fingerprint density at radius 2 is 2.00 bits per heavy atom. The minimum absolute atomic E-state index is 0.152. The SMILES string of the molecule is COc1nc(NC2CCC3(CC2)CN(C(C)=O)C3)nn2cc(F)c(-c3ccc4ncnn4c3)c12. The zero-order valence-corrected chi connectivity index (χ0v) is 19.0. The number of nitrogens with zero attached hydrogens (tertiary/aromatic N) is 7. The van der Waals surface area contributed by atoms with Crippen LogP contribution in [0.25, 0.3) is 22.3 Å². The van der Waals surface area contributed by atoms with Gasteiger partial charge in [-0.2, -0.15) is 10.1 Å². The lowest BCUT2D eigenvalue weighted by Gasteiger charge is -2.53. The minimum Gasteiger partial charge on any atom is -0.479 e. The van der Waals surface area contributed by atoms with Crippen LogP contribution < -0.4 is 10.1 Å². The molecule has 1 N–H and O–H groups in total. The highest BCUT2D eigenvalue weighted by Gasteiger charge is 2.46. The first-order valence-electron chi connectivity index (χ1n) is 11.4. The molecule has 1 aliphatic carbocycles. The highest BCUT2D eigenvalue weighted by Crippen LogP contribution is 2.44. The smallest absolute Gasteiger partial charge is 0.244 e. The van der Waals surface area contributed by atoms with Crippen LogP contribution in [0.15, 0.2) is 30.9 Å². The molecule has 0 radical (unpaired) electrons.